The van der Waals surface area contributed by atoms with E-state index in [4.69, 9.17) is 5.11 Å². The van der Waals surface area contributed by atoms with Crippen molar-refractivity contribution in [1.29, 1.82) is 0 Å². The van der Waals surface area contributed by atoms with Gasteiger partial charge in [-0.05, 0) is 19.1 Å². The smallest absolute Gasteiger partial charge is 0.340 e. The number of rotatable bonds is 4. The summed E-state index contributed by atoms with van der Waals surface area (Å²) in [5.41, 5.74) is 2.55. The van der Waals surface area contributed by atoms with Crippen LogP contribution in [0, 0.1) is 12.7 Å². The molecule has 0 atom stereocenters. The van der Waals surface area contributed by atoms with Crippen molar-refractivity contribution in [3.63, 3.8) is 0 Å². The molecule has 0 amide bonds. The summed E-state index contributed by atoms with van der Waals surface area (Å²) in [6.07, 6.45) is 0. The molecule has 2 rings (SSSR count). The zero-order chi connectivity index (χ0) is 13.1. The van der Waals surface area contributed by atoms with E-state index in [1.807, 2.05) is 6.92 Å². The molecule has 2 N–H and O–H groups in total. The summed E-state index contributed by atoms with van der Waals surface area (Å²) in [6.45, 7) is 2.30. The van der Waals surface area contributed by atoms with Crippen molar-refractivity contribution >= 4 is 23.0 Å². The van der Waals surface area contributed by atoms with Gasteiger partial charge in [-0.15, -0.1) is 11.3 Å². The van der Waals surface area contributed by atoms with Crippen LogP contribution in [-0.2, 0) is 6.54 Å². The minimum atomic E-state index is -1.28. The van der Waals surface area contributed by atoms with Crippen LogP contribution in [0.25, 0.3) is 0 Å². The van der Waals surface area contributed by atoms with Crippen LogP contribution >= 0.6 is 11.3 Å². The molecule has 0 unspecified atom stereocenters. The Labute approximate surface area is 107 Å². The number of halogens is 1. The first-order valence-electron chi connectivity index (χ1n) is 5.24. The van der Waals surface area contributed by atoms with Crippen molar-refractivity contribution in [1.82, 2.24) is 4.98 Å². The lowest BCUT2D eigenvalue weighted by Crippen LogP contribution is -2.08. The lowest BCUT2D eigenvalue weighted by molar-refractivity contribution is 0.0693. The largest absolute Gasteiger partial charge is 0.478 e. The Balaban J connectivity index is 2.22. The Morgan fingerprint density at radius 2 is 2.33 bits per heavy atom. The van der Waals surface area contributed by atoms with E-state index in [2.05, 4.69) is 10.3 Å². The van der Waals surface area contributed by atoms with Crippen LogP contribution < -0.4 is 5.32 Å². The number of carbonyl (C=O) groups is 1. The van der Waals surface area contributed by atoms with E-state index in [0.717, 1.165) is 16.6 Å². The highest BCUT2D eigenvalue weighted by molar-refractivity contribution is 7.09. The lowest BCUT2D eigenvalue weighted by atomic mass is 10.1. The lowest BCUT2D eigenvalue weighted by Gasteiger charge is -2.09. The standard InChI is InChI=1S/C12H11FN2O2S/c1-7-10(18-6-15-7)5-14-9-4-2-3-8(13)11(9)12(16)17/h2-4,6,14H,5H2,1H3,(H,16,17). The molecule has 0 bridgehead atoms. The van der Waals surface area contributed by atoms with Crippen LogP contribution in [0.4, 0.5) is 10.1 Å². The van der Waals surface area contributed by atoms with Gasteiger partial charge in [0.1, 0.15) is 11.4 Å². The number of hydrogen-bond donors (Lipinski definition) is 2. The molecule has 1 aromatic carbocycles. The molecule has 0 aliphatic rings. The molecule has 2 aromatic rings. The second-order valence-corrected chi connectivity index (χ2v) is 4.62. The van der Waals surface area contributed by atoms with E-state index in [0.29, 0.717) is 6.54 Å². The number of anilines is 1. The number of nitrogens with zero attached hydrogens (tertiary/aromatic N) is 1. The molecule has 0 aliphatic heterocycles. The first kappa shape index (κ1) is 12.5. The monoisotopic (exact) mass is 266 g/mol. The van der Waals surface area contributed by atoms with Crippen molar-refractivity contribution < 1.29 is 14.3 Å². The number of aromatic carboxylic acids is 1. The predicted octanol–water partition coefficient (Wildman–Crippen LogP) is 2.90. The minimum Gasteiger partial charge on any atom is -0.478 e. The third kappa shape index (κ3) is 2.48. The molecule has 4 nitrogen and oxygen atoms in total. The summed E-state index contributed by atoms with van der Waals surface area (Å²) in [5, 5.41) is 11.9. The summed E-state index contributed by atoms with van der Waals surface area (Å²) in [6, 6.07) is 4.15. The summed E-state index contributed by atoms with van der Waals surface area (Å²) in [5.74, 6) is -2.02. The highest BCUT2D eigenvalue weighted by Gasteiger charge is 2.15. The maximum Gasteiger partial charge on any atom is 0.340 e. The van der Waals surface area contributed by atoms with E-state index in [-0.39, 0.29) is 11.3 Å². The van der Waals surface area contributed by atoms with Crippen molar-refractivity contribution in [2.45, 2.75) is 13.5 Å². The molecular formula is C12H11FN2O2S. The van der Waals surface area contributed by atoms with E-state index in [1.54, 1.807) is 11.6 Å². The van der Waals surface area contributed by atoms with Crippen LogP contribution in [0.3, 0.4) is 0 Å². The SMILES string of the molecule is Cc1ncsc1CNc1cccc(F)c1C(=O)O. The van der Waals surface area contributed by atoms with E-state index in [1.165, 1.54) is 17.4 Å². The second-order valence-electron chi connectivity index (χ2n) is 3.68. The van der Waals surface area contributed by atoms with Gasteiger partial charge in [-0.3, -0.25) is 0 Å². The van der Waals surface area contributed by atoms with Gasteiger partial charge in [-0.1, -0.05) is 6.07 Å². The third-order valence-electron chi connectivity index (χ3n) is 2.51. The van der Waals surface area contributed by atoms with Gasteiger partial charge in [0, 0.05) is 4.88 Å². The molecule has 0 saturated carbocycles. The van der Waals surface area contributed by atoms with Gasteiger partial charge in [-0.2, -0.15) is 0 Å². The van der Waals surface area contributed by atoms with Crippen LogP contribution in [0.1, 0.15) is 20.9 Å². The summed E-state index contributed by atoms with van der Waals surface area (Å²) in [7, 11) is 0. The van der Waals surface area contributed by atoms with E-state index in [9.17, 15) is 9.18 Å². The first-order chi connectivity index (χ1) is 8.59. The van der Waals surface area contributed by atoms with Crippen molar-refractivity contribution in [3.8, 4) is 0 Å². The molecule has 0 fully saturated rings. The molecule has 0 saturated heterocycles. The molecule has 1 heterocycles. The number of nitrogens with one attached hydrogen (secondary N) is 1. The van der Waals surface area contributed by atoms with Gasteiger partial charge in [0.15, 0.2) is 0 Å². The predicted molar refractivity (Wildman–Crippen MR) is 67.5 cm³/mol. The van der Waals surface area contributed by atoms with Gasteiger partial charge >= 0.3 is 5.97 Å². The minimum absolute atomic E-state index is 0.273. The number of benzene rings is 1. The van der Waals surface area contributed by atoms with Gasteiger partial charge < -0.3 is 10.4 Å². The first-order valence-corrected chi connectivity index (χ1v) is 6.12. The molecule has 94 valence electrons. The third-order valence-corrected chi connectivity index (χ3v) is 3.45. The second kappa shape index (κ2) is 5.14. The van der Waals surface area contributed by atoms with Gasteiger partial charge in [-0.25, -0.2) is 14.2 Å². The summed E-state index contributed by atoms with van der Waals surface area (Å²) >= 11 is 1.47. The molecule has 18 heavy (non-hydrogen) atoms. The summed E-state index contributed by atoms with van der Waals surface area (Å²) in [4.78, 5) is 16.1. The van der Waals surface area contributed by atoms with Crippen LogP contribution in [0.2, 0.25) is 0 Å². The molecule has 1 aromatic heterocycles. The normalized spacial score (nSPS) is 10.3. The Morgan fingerprint density at radius 1 is 1.56 bits per heavy atom. The van der Waals surface area contributed by atoms with Crippen molar-refractivity contribution in [2.75, 3.05) is 5.32 Å². The van der Waals surface area contributed by atoms with Crippen molar-refractivity contribution in [2.24, 2.45) is 0 Å². The number of aromatic nitrogens is 1. The number of hydrogen-bond acceptors (Lipinski definition) is 4. The van der Waals surface area contributed by atoms with E-state index < -0.39 is 11.8 Å². The number of carboxylic acids is 1. The fourth-order valence-corrected chi connectivity index (χ4v) is 2.28. The zero-order valence-electron chi connectivity index (χ0n) is 9.61. The average Bonchev–Trinajstić information content (AvgIpc) is 2.71. The Kier molecular flexibility index (Phi) is 3.57. The summed E-state index contributed by atoms with van der Waals surface area (Å²) < 4.78 is 13.4. The highest BCUT2D eigenvalue weighted by atomic mass is 32.1. The molecular weight excluding hydrogens is 255 g/mol. The van der Waals surface area contributed by atoms with Crippen LogP contribution in [-0.4, -0.2) is 16.1 Å². The quantitative estimate of drug-likeness (QED) is 0.893. The molecule has 0 spiro atoms. The van der Waals surface area contributed by atoms with Gasteiger partial charge in [0.05, 0.1) is 23.4 Å². The maximum atomic E-state index is 13.4. The fraction of sp³-hybridized carbons (Fsp3) is 0.167. The average molecular weight is 266 g/mol. The number of thiazole rings is 1. The molecule has 0 aliphatic carbocycles. The Bertz CT molecular complexity index is 583. The zero-order valence-corrected chi connectivity index (χ0v) is 10.4. The topological polar surface area (TPSA) is 62.2 Å². The van der Waals surface area contributed by atoms with Gasteiger partial charge in [0.2, 0.25) is 0 Å². The highest BCUT2D eigenvalue weighted by Crippen LogP contribution is 2.21. The number of carboxylic acid groups (broad SMARTS) is 1. The van der Waals surface area contributed by atoms with Crippen LogP contribution in [0.15, 0.2) is 23.7 Å². The Morgan fingerprint density at radius 3 is 2.94 bits per heavy atom. The molecule has 6 heteroatoms. The van der Waals surface area contributed by atoms with Crippen molar-refractivity contribution in [3.05, 3.63) is 45.7 Å². The molecule has 0 radical (unpaired) electrons. The van der Waals surface area contributed by atoms with Gasteiger partial charge in [0.25, 0.3) is 0 Å². The maximum absolute atomic E-state index is 13.4. The Hall–Kier alpha value is -1.95. The fourth-order valence-electron chi connectivity index (χ4n) is 1.56. The van der Waals surface area contributed by atoms with E-state index >= 15 is 0 Å². The van der Waals surface area contributed by atoms with Crippen LogP contribution in [0.5, 0.6) is 0 Å². The number of aryl methyl sites for hydroxylation is 1.